The van der Waals surface area contributed by atoms with Gasteiger partial charge in [0.15, 0.2) is 0 Å². The van der Waals surface area contributed by atoms with Gasteiger partial charge in [0.1, 0.15) is 11.5 Å². The summed E-state index contributed by atoms with van der Waals surface area (Å²) >= 11 is 0. The van der Waals surface area contributed by atoms with Gasteiger partial charge in [0.05, 0.1) is 33.1 Å². The van der Waals surface area contributed by atoms with E-state index in [1.807, 2.05) is 86.6 Å². The van der Waals surface area contributed by atoms with Crippen LogP contribution in [0.1, 0.15) is 63.8 Å². The van der Waals surface area contributed by atoms with Crippen LogP contribution in [0.5, 0.6) is 11.5 Å². The Morgan fingerprint density at radius 2 is 0.833 bits per heavy atom. The lowest BCUT2D eigenvalue weighted by Crippen LogP contribution is -2.10. The molecule has 0 saturated heterocycles. The van der Waals surface area contributed by atoms with Crippen molar-refractivity contribution < 1.29 is 10.2 Å². The van der Waals surface area contributed by atoms with E-state index in [9.17, 15) is 10.2 Å². The highest BCUT2D eigenvalue weighted by molar-refractivity contribution is 6.07. The van der Waals surface area contributed by atoms with E-state index >= 15 is 0 Å². The fourth-order valence-corrected chi connectivity index (χ4v) is 6.11. The smallest absolute Gasteiger partial charge is 0.133 e. The maximum absolute atomic E-state index is 11.8. The molecule has 48 heavy (non-hydrogen) atoms. The van der Waals surface area contributed by atoms with Gasteiger partial charge in [0.2, 0.25) is 0 Å². The summed E-state index contributed by atoms with van der Waals surface area (Å²) in [6.07, 6.45) is 3.42. The van der Waals surface area contributed by atoms with Crippen LogP contribution < -0.4 is 0 Å². The first-order chi connectivity index (χ1) is 22.7. The minimum Gasteiger partial charge on any atom is -0.507 e. The Morgan fingerprint density at radius 1 is 0.458 bits per heavy atom. The minimum absolute atomic E-state index is 0.108. The zero-order valence-electron chi connectivity index (χ0n) is 28.8. The molecule has 0 aliphatic rings. The highest BCUT2D eigenvalue weighted by Gasteiger charge is 2.19. The molecule has 0 atom stereocenters. The quantitative estimate of drug-likeness (QED) is 0.162. The van der Waals surface area contributed by atoms with Crippen LogP contribution in [0.25, 0.3) is 65.4 Å². The van der Waals surface area contributed by atoms with Gasteiger partial charge in [-0.2, -0.15) is 0 Å². The third-order valence-electron chi connectivity index (χ3n) is 9.36. The Morgan fingerprint density at radius 3 is 1.21 bits per heavy atom. The number of rotatable bonds is 0. The molecule has 0 unspecified atom stereocenters. The number of phenols is 2. The summed E-state index contributed by atoms with van der Waals surface area (Å²) < 4.78 is 0. The predicted molar refractivity (Wildman–Crippen MR) is 199 cm³/mol. The third kappa shape index (κ3) is 5.51. The van der Waals surface area contributed by atoms with Crippen molar-refractivity contribution in [1.29, 1.82) is 0 Å². The lowest BCUT2D eigenvalue weighted by atomic mass is 9.85. The van der Waals surface area contributed by atoms with Crippen molar-refractivity contribution in [2.24, 2.45) is 0 Å². The molecule has 7 rings (SSSR count). The molecular formula is C42H40N4O2. The van der Waals surface area contributed by atoms with Gasteiger partial charge in [-0.25, -0.2) is 9.97 Å². The molecule has 6 heteroatoms. The molecule has 0 saturated carbocycles. The Balaban J connectivity index is 1.76. The zero-order valence-corrected chi connectivity index (χ0v) is 28.8. The molecule has 0 fully saturated rings. The summed E-state index contributed by atoms with van der Waals surface area (Å²) in [4.78, 5) is 20.1. The molecule has 7 aromatic rings. The van der Waals surface area contributed by atoms with Gasteiger partial charge in [-0.05, 0) is 95.5 Å². The molecule has 2 N–H and O–H groups in total. The number of benzene rings is 4. The monoisotopic (exact) mass is 632 g/mol. The van der Waals surface area contributed by atoms with Crippen molar-refractivity contribution >= 4 is 65.4 Å². The maximum atomic E-state index is 11.8. The summed E-state index contributed by atoms with van der Waals surface area (Å²) in [6, 6.07) is 24.0. The minimum atomic E-state index is -0.196. The van der Waals surface area contributed by atoms with Gasteiger partial charge in [-0.15, -0.1) is 0 Å². The summed E-state index contributed by atoms with van der Waals surface area (Å²) in [5, 5.41) is 27.8. The van der Waals surface area contributed by atoms with E-state index in [2.05, 4.69) is 41.5 Å². The number of pyridine rings is 2. The molecule has 8 bridgehead atoms. The number of fused-ring (bicyclic) bond motifs is 9. The molecule has 3 aromatic heterocycles. The first-order valence-electron chi connectivity index (χ1n) is 16.3. The highest BCUT2D eigenvalue weighted by atomic mass is 16.3. The fraction of sp³-hybridized carbons (Fsp3) is 0.238. The van der Waals surface area contributed by atoms with E-state index < -0.39 is 0 Å². The van der Waals surface area contributed by atoms with E-state index in [0.717, 1.165) is 44.1 Å². The first-order valence-corrected chi connectivity index (χ1v) is 16.3. The maximum Gasteiger partial charge on any atom is 0.133 e. The van der Waals surface area contributed by atoms with E-state index in [1.54, 1.807) is 12.4 Å². The molecular weight excluding hydrogens is 592 g/mol. The average Bonchev–Trinajstić information content (AvgIpc) is 3.03. The van der Waals surface area contributed by atoms with Crippen molar-refractivity contribution in [3.63, 3.8) is 0 Å². The van der Waals surface area contributed by atoms with Gasteiger partial charge < -0.3 is 10.2 Å². The normalized spacial score (nSPS) is 12.3. The molecule has 0 amide bonds. The van der Waals surface area contributed by atoms with Crippen LogP contribution in [0.4, 0.5) is 0 Å². The van der Waals surface area contributed by atoms with Gasteiger partial charge in [0, 0.05) is 44.7 Å². The van der Waals surface area contributed by atoms with Crippen molar-refractivity contribution in [3.05, 3.63) is 107 Å². The molecule has 6 nitrogen and oxygen atoms in total. The van der Waals surface area contributed by atoms with Crippen molar-refractivity contribution in [2.75, 3.05) is 0 Å². The number of aromatic nitrogens is 4. The first kappa shape index (κ1) is 31.3. The number of nitrogens with zero attached hydrogens (tertiary/aromatic N) is 4. The molecule has 4 aromatic carbocycles. The Bertz CT molecular complexity index is 2400. The van der Waals surface area contributed by atoms with Crippen LogP contribution in [0.15, 0.2) is 85.2 Å². The second-order valence-corrected chi connectivity index (χ2v) is 15.0. The lowest BCUT2D eigenvalue weighted by molar-refractivity contribution is 0.486. The number of hydrogen-bond acceptors (Lipinski definition) is 6. The van der Waals surface area contributed by atoms with Crippen LogP contribution in [0, 0.1) is 13.8 Å². The molecule has 3 heterocycles. The van der Waals surface area contributed by atoms with Gasteiger partial charge >= 0.3 is 0 Å². The molecule has 0 aliphatic heterocycles. The van der Waals surface area contributed by atoms with Crippen molar-refractivity contribution in [2.45, 2.75) is 66.2 Å². The lowest BCUT2D eigenvalue weighted by Gasteiger charge is -2.20. The number of phenolic OH excluding ortho intramolecular Hbond substituents is 2. The van der Waals surface area contributed by atoms with Crippen LogP contribution in [0.2, 0.25) is 0 Å². The predicted octanol–water partition coefficient (Wildman–Crippen LogP) is 10.5. The fourth-order valence-electron chi connectivity index (χ4n) is 6.11. The summed E-state index contributed by atoms with van der Waals surface area (Å²) in [6.45, 7) is 17.0. The average molecular weight is 633 g/mol. The second kappa shape index (κ2) is 11.1. The Hall–Kier alpha value is -5.36. The number of aromatic hydroxyl groups is 2. The van der Waals surface area contributed by atoms with Crippen LogP contribution in [-0.4, -0.2) is 30.1 Å². The van der Waals surface area contributed by atoms with Crippen molar-refractivity contribution in [1.82, 2.24) is 19.9 Å². The zero-order chi connectivity index (χ0) is 34.1. The Labute approximate surface area is 280 Å². The molecule has 240 valence electrons. The van der Waals surface area contributed by atoms with E-state index in [0.29, 0.717) is 43.6 Å². The van der Waals surface area contributed by atoms with Crippen LogP contribution in [0.3, 0.4) is 0 Å². The molecule has 0 spiro atoms. The topological polar surface area (TPSA) is 92.0 Å². The van der Waals surface area contributed by atoms with Crippen LogP contribution >= 0.6 is 0 Å². The highest BCUT2D eigenvalue weighted by Crippen LogP contribution is 2.37. The summed E-state index contributed by atoms with van der Waals surface area (Å²) in [5.74, 6) is 0.217. The summed E-state index contributed by atoms with van der Waals surface area (Å²) in [5.41, 5.74) is 7.89. The van der Waals surface area contributed by atoms with Gasteiger partial charge in [0.25, 0.3) is 0 Å². The largest absolute Gasteiger partial charge is 0.507 e. The second-order valence-electron chi connectivity index (χ2n) is 15.0. The standard InChI is InChI=1S/C42H40N4O2/c1-23-15-35-36(16-24(23)2)44-22-28-18-30(42(6,7)8)20-32(40(28)48)34-14-12-26-10-9-25-11-13-33(45-37(25)38(26)46-34)31-19-29(41(3,4)5)17-27(21-43-35)39(31)47/h9-22,47-48H,1-8H3. The number of hydrogen-bond donors (Lipinski definition) is 2. The number of aryl methyl sites for hydroxylation is 2. The molecule has 0 radical (unpaired) electrons. The third-order valence-corrected chi connectivity index (χ3v) is 9.36. The van der Waals surface area contributed by atoms with Gasteiger partial charge in [-0.1, -0.05) is 65.8 Å². The van der Waals surface area contributed by atoms with E-state index in [1.165, 1.54) is 0 Å². The van der Waals surface area contributed by atoms with Gasteiger partial charge in [-0.3, -0.25) is 9.97 Å². The molecule has 0 aliphatic carbocycles. The summed E-state index contributed by atoms with van der Waals surface area (Å²) in [7, 11) is 0. The van der Waals surface area contributed by atoms with Crippen LogP contribution in [-0.2, 0) is 10.8 Å². The Kier molecular flexibility index (Phi) is 7.24. The van der Waals surface area contributed by atoms with E-state index in [4.69, 9.17) is 19.9 Å². The SMILES string of the molecule is Cc1cc2ncc3cc(C(C)(C)C)cc(c3O)c3ccc4ccc5ccc(nc5c4n3)c3cc(C(C)(C)C)cc(cnc2cc1C)c3O. The van der Waals surface area contributed by atoms with Crippen molar-refractivity contribution in [3.8, 4) is 11.5 Å². The van der Waals surface area contributed by atoms with E-state index in [-0.39, 0.29) is 22.3 Å².